The third-order valence-electron chi connectivity index (χ3n) is 3.33. The van der Waals surface area contributed by atoms with Gasteiger partial charge >= 0.3 is 6.18 Å². The van der Waals surface area contributed by atoms with Crippen LogP contribution < -0.4 is 16.4 Å². The van der Waals surface area contributed by atoms with Crippen molar-refractivity contribution in [2.45, 2.75) is 12.2 Å². The summed E-state index contributed by atoms with van der Waals surface area (Å²) in [6.07, 6.45) is -4.70. The highest BCUT2D eigenvalue weighted by Gasteiger charge is 2.37. The molecule has 7 nitrogen and oxygen atoms in total. The monoisotopic (exact) mass is 396 g/mol. The summed E-state index contributed by atoms with van der Waals surface area (Å²) < 4.78 is 37.5. The Bertz CT molecular complexity index is 597. The van der Waals surface area contributed by atoms with Gasteiger partial charge in [0.1, 0.15) is 4.60 Å². The Balaban J connectivity index is 2.06. The Morgan fingerprint density at radius 2 is 2.22 bits per heavy atom. The second-order valence-corrected chi connectivity index (χ2v) is 5.97. The molecule has 1 aromatic heterocycles. The number of aromatic nitrogens is 2. The predicted molar refractivity (Wildman–Crippen MR) is 80.8 cm³/mol. The number of carbonyl (C=O) groups excluding carboxylic acids is 1. The van der Waals surface area contributed by atoms with E-state index >= 15 is 0 Å². The fraction of sp³-hybridized carbons (Fsp3) is 0.583. The molecular formula is C12H16BrF3N6O. The molecule has 23 heavy (non-hydrogen) atoms. The zero-order valence-corrected chi connectivity index (χ0v) is 13.8. The van der Waals surface area contributed by atoms with Crippen LogP contribution in [0.3, 0.4) is 0 Å². The summed E-state index contributed by atoms with van der Waals surface area (Å²) in [5, 5.41) is 5.83. The lowest BCUT2D eigenvalue weighted by Crippen LogP contribution is -2.53. The second kappa shape index (κ2) is 6.97. The second-order valence-electron chi connectivity index (χ2n) is 5.22. The minimum absolute atomic E-state index is 0.0461. The normalized spacial score (nSPS) is 19.6. The first-order valence-corrected chi connectivity index (χ1v) is 7.58. The lowest BCUT2D eigenvalue weighted by atomic mass is 10.2. The molecule has 11 heteroatoms. The van der Waals surface area contributed by atoms with Gasteiger partial charge in [-0.1, -0.05) is 0 Å². The van der Waals surface area contributed by atoms with Gasteiger partial charge in [0.15, 0.2) is 17.2 Å². The summed E-state index contributed by atoms with van der Waals surface area (Å²) in [7, 11) is 1.96. The molecular weight excluding hydrogens is 381 g/mol. The van der Waals surface area contributed by atoms with Crippen molar-refractivity contribution in [1.82, 2.24) is 25.5 Å². The van der Waals surface area contributed by atoms with E-state index in [-0.39, 0.29) is 11.7 Å². The number of anilines is 1. The topological polar surface area (TPSA) is 96.2 Å². The van der Waals surface area contributed by atoms with Gasteiger partial charge in [-0.3, -0.25) is 4.79 Å². The van der Waals surface area contributed by atoms with Crippen molar-refractivity contribution in [3.05, 3.63) is 16.0 Å². The lowest BCUT2D eigenvalue weighted by Gasteiger charge is -2.30. The van der Waals surface area contributed by atoms with Crippen molar-refractivity contribution < 1.29 is 18.0 Å². The van der Waals surface area contributed by atoms with Gasteiger partial charge in [-0.2, -0.15) is 13.2 Å². The van der Waals surface area contributed by atoms with Crippen LogP contribution in [0.4, 0.5) is 19.0 Å². The summed E-state index contributed by atoms with van der Waals surface area (Å²) in [6.45, 7) is 2.76. The van der Waals surface area contributed by atoms with E-state index in [0.29, 0.717) is 6.54 Å². The van der Waals surface area contributed by atoms with Crippen LogP contribution in [0.15, 0.2) is 4.60 Å². The number of hydrogen-bond acceptors (Lipinski definition) is 6. The SMILES string of the molecule is CN1CCN[C@H](CNC(=O)c2nc(Br)c(C(F)(F)F)nc2N)C1. The number of alkyl halides is 3. The summed E-state index contributed by atoms with van der Waals surface area (Å²) in [6, 6.07) is 0.0461. The van der Waals surface area contributed by atoms with Gasteiger partial charge in [0.2, 0.25) is 0 Å². The van der Waals surface area contributed by atoms with Crippen LogP contribution in [-0.4, -0.2) is 60.0 Å². The average Bonchev–Trinajstić information content (AvgIpc) is 2.45. The molecule has 0 unspecified atom stereocenters. The number of piperazine rings is 1. The molecule has 1 amide bonds. The molecule has 0 aliphatic carbocycles. The molecule has 1 atom stereocenters. The van der Waals surface area contributed by atoms with Crippen molar-refractivity contribution in [2.24, 2.45) is 0 Å². The number of carbonyl (C=O) groups is 1. The van der Waals surface area contributed by atoms with Crippen LogP contribution in [0.1, 0.15) is 16.2 Å². The van der Waals surface area contributed by atoms with Gasteiger partial charge in [0.05, 0.1) is 0 Å². The van der Waals surface area contributed by atoms with Gasteiger partial charge in [-0.25, -0.2) is 9.97 Å². The minimum Gasteiger partial charge on any atom is -0.382 e. The molecule has 0 bridgehead atoms. The average molecular weight is 397 g/mol. The van der Waals surface area contributed by atoms with Gasteiger partial charge in [-0.15, -0.1) is 0 Å². The summed E-state index contributed by atoms with van der Waals surface area (Å²) >= 11 is 2.67. The highest BCUT2D eigenvalue weighted by molar-refractivity contribution is 9.10. The van der Waals surface area contributed by atoms with Gasteiger partial charge in [0, 0.05) is 32.2 Å². The molecule has 0 spiro atoms. The molecule has 1 aliphatic rings. The van der Waals surface area contributed by atoms with E-state index in [4.69, 9.17) is 5.73 Å². The van der Waals surface area contributed by atoms with Crippen molar-refractivity contribution in [3.63, 3.8) is 0 Å². The fourth-order valence-corrected chi connectivity index (χ4v) is 2.69. The number of nitrogens with zero attached hydrogens (tertiary/aromatic N) is 3. The third kappa shape index (κ3) is 4.52. The van der Waals surface area contributed by atoms with E-state index < -0.39 is 28.2 Å². The van der Waals surface area contributed by atoms with E-state index in [9.17, 15) is 18.0 Å². The van der Waals surface area contributed by atoms with Crippen molar-refractivity contribution in [1.29, 1.82) is 0 Å². The van der Waals surface area contributed by atoms with Crippen LogP contribution in [0.25, 0.3) is 0 Å². The molecule has 1 aromatic rings. The zero-order valence-electron chi connectivity index (χ0n) is 12.2. The number of nitrogen functional groups attached to an aromatic ring is 1. The van der Waals surface area contributed by atoms with E-state index in [0.717, 1.165) is 19.6 Å². The quantitative estimate of drug-likeness (QED) is 0.687. The highest BCUT2D eigenvalue weighted by atomic mass is 79.9. The van der Waals surface area contributed by atoms with Gasteiger partial charge < -0.3 is 21.3 Å². The number of likely N-dealkylation sites (N-methyl/N-ethyl adjacent to an activating group) is 1. The third-order valence-corrected chi connectivity index (χ3v) is 3.88. The van der Waals surface area contributed by atoms with E-state index in [1.807, 2.05) is 7.05 Å². The highest BCUT2D eigenvalue weighted by Crippen LogP contribution is 2.33. The van der Waals surface area contributed by atoms with E-state index in [2.05, 4.69) is 41.4 Å². The minimum atomic E-state index is -4.70. The molecule has 0 saturated carbocycles. The Labute approximate surface area is 139 Å². The standard InChI is InChI=1S/C12H16BrF3N6O/c1-22-3-2-18-6(5-22)4-19-11(23)7-10(17)21-8(9(13)20-7)12(14,15)16/h6,18H,2-5H2,1H3,(H2,17,21)(H,19,23)/t6-/m1/s1. The maximum absolute atomic E-state index is 12.7. The van der Waals surface area contributed by atoms with Crippen LogP contribution in [0.5, 0.6) is 0 Å². The first-order chi connectivity index (χ1) is 10.7. The number of hydrogen-bond donors (Lipinski definition) is 3. The zero-order chi connectivity index (χ0) is 17.2. The Kier molecular flexibility index (Phi) is 5.42. The number of amides is 1. The fourth-order valence-electron chi connectivity index (χ4n) is 2.20. The molecule has 0 aromatic carbocycles. The lowest BCUT2D eigenvalue weighted by molar-refractivity contribution is -0.142. The van der Waals surface area contributed by atoms with E-state index in [1.54, 1.807) is 0 Å². The maximum Gasteiger partial charge on any atom is 0.436 e. The Morgan fingerprint density at radius 1 is 1.52 bits per heavy atom. The van der Waals surface area contributed by atoms with Crippen molar-refractivity contribution in [2.75, 3.05) is 39.0 Å². The molecule has 1 aliphatic heterocycles. The summed E-state index contributed by atoms with van der Waals surface area (Å²) in [5.74, 6) is -1.23. The van der Waals surface area contributed by atoms with Crippen molar-refractivity contribution >= 4 is 27.7 Å². The van der Waals surface area contributed by atoms with Crippen molar-refractivity contribution in [3.8, 4) is 0 Å². The first kappa shape index (κ1) is 17.9. The van der Waals surface area contributed by atoms with E-state index in [1.165, 1.54) is 0 Å². The summed E-state index contributed by atoms with van der Waals surface area (Å²) in [4.78, 5) is 21.0. The van der Waals surface area contributed by atoms with Gasteiger partial charge in [0.25, 0.3) is 5.91 Å². The molecule has 0 radical (unpaired) electrons. The number of nitrogens with two attached hydrogens (primary N) is 1. The Morgan fingerprint density at radius 3 is 2.83 bits per heavy atom. The largest absolute Gasteiger partial charge is 0.436 e. The Hall–Kier alpha value is -1.46. The summed E-state index contributed by atoms with van der Waals surface area (Å²) in [5.41, 5.74) is 3.84. The number of rotatable bonds is 3. The van der Waals surface area contributed by atoms with Gasteiger partial charge in [-0.05, 0) is 23.0 Å². The molecule has 128 valence electrons. The maximum atomic E-state index is 12.7. The predicted octanol–water partition coefficient (Wildman–Crippen LogP) is 0.473. The molecule has 2 heterocycles. The molecule has 2 rings (SSSR count). The van der Waals surface area contributed by atoms with Crippen LogP contribution in [0, 0.1) is 0 Å². The van der Waals surface area contributed by atoms with Crippen LogP contribution in [0.2, 0.25) is 0 Å². The molecule has 1 fully saturated rings. The smallest absolute Gasteiger partial charge is 0.382 e. The molecule has 1 saturated heterocycles. The number of nitrogens with one attached hydrogen (secondary N) is 2. The molecule has 4 N–H and O–H groups in total. The van der Waals surface area contributed by atoms with Crippen LogP contribution >= 0.6 is 15.9 Å². The number of halogens is 4. The first-order valence-electron chi connectivity index (χ1n) is 6.79. The van der Waals surface area contributed by atoms with Crippen LogP contribution in [-0.2, 0) is 6.18 Å².